The minimum absolute atomic E-state index is 0.0404. The van der Waals surface area contributed by atoms with Crippen LogP contribution >= 0.6 is 11.6 Å². The van der Waals surface area contributed by atoms with E-state index in [2.05, 4.69) is 5.32 Å². The largest absolute Gasteiger partial charge is 0.465 e. The lowest BCUT2D eigenvalue weighted by Crippen LogP contribution is -2.37. The van der Waals surface area contributed by atoms with Crippen LogP contribution in [0.1, 0.15) is 5.56 Å². The minimum atomic E-state index is -1.19. The van der Waals surface area contributed by atoms with E-state index in [0.717, 1.165) is 5.56 Å². The molecule has 0 heterocycles. The number of hydrogen-bond acceptors (Lipinski definition) is 2. The first-order valence-corrected chi connectivity index (χ1v) is 5.54. The van der Waals surface area contributed by atoms with E-state index < -0.39 is 12.1 Å². The predicted molar refractivity (Wildman–Crippen MR) is 65.0 cm³/mol. The first-order valence-electron chi connectivity index (χ1n) is 5.00. The fraction of sp³-hybridized carbons (Fsp3) is 0.250. The zero-order chi connectivity index (χ0) is 12.7. The first-order chi connectivity index (χ1) is 8.17. The predicted octanol–water partition coefficient (Wildman–Crippen LogP) is 1.86. The summed E-state index contributed by atoms with van der Waals surface area (Å²) in [4.78, 5) is 21.3. The van der Waals surface area contributed by atoms with E-state index in [1.165, 1.54) is 0 Å². The molecule has 1 amide bonds. The SMILES string of the molecule is O=C=C(CCl)[C@H](Cc1ccccc1)NC(=O)O. The van der Waals surface area contributed by atoms with Crippen molar-refractivity contribution in [3.8, 4) is 0 Å². The summed E-state index contributed by atoms with van der Waals surface area (Å²) < 4.78 is 0. The van der Waals surface area contributed by atoms with Crippen molar-refractivity contribution in [3.63, 3.8) is 0 Å². The third kappa shape index (κ3) is 4.31. The van der Waals surface area contributed by atoms with Crippen LogP contribution in [0.2, 0.25) is 0 Å². The molecule has 90 valence electrons. The van der Waals surface area contributed by atoms with Gasteiger partial charge in [0.2, 0.25) is 0 Å². The number of carbonyl (C=O) groups excluding carboxylic acids is 1. The molecule has 0 aliphatic carbocycles. The summed E-state index contributed by atoms with van der Waals surface area (Å²) in [6, 6.07) is 8.63. The van der Waals surface area contributed by atoms with Crippen LogP contribution in [0, 0.1) is 0 Å². The molecule has 1 aromatic carbocycles. The Labute approximate surface area is 104 Å². The quantitative estimate of drug-likeness (QED) is 0.622. The molecule has 0 saturated heterocycles. The second-order valence-corrected chi connectivity index (χ2v) is 3.72. The molecule has 0 aliphatic heterocycles. The van der Waals surface area contributed by atoms with Gasteiger partial charge < -0.3 is 10.4 Å². The van der Waals surface area contributed by atoms with Crippen LogP contribution in [0.15, 0.2) is 35.9 Å². The smallest absolute Gasteiger partial charge is 0.405 e. The lowest BCUT2D eigenvalue weighted by molar-refractivity contribution is 0.191. The molecule has 0 aliphatic rings. The Kier molecular flexibility index (Phi) is 5.27. The van der Waals surface area contributed by atoms with E-state index in [4.69, 9.17) is 16.7 Å². The van der Waals surface area contributed by atoms with Crippen molar-refractivity contribution in [3.05, 3.63) is 41.5 Å². The Morgan fingerprint density at radius 1 is 1.41 bits per heavy atom. The lowest BCUT2D eigenvalue weighted by atomic mass is 10.0. The van der Waals surface area contributed by atoms with Gasteiger partial charge in [-0.2, -0.15) is 0 Å². The summed E-state index contributed by atoms with van der Waals surface area (Å²) in [5.74, 6) is 1.65. The van der Waals surface area contributed by atoms with Gasteiger partial charge >= 0.3 is 6.09 Å². The molecule has 0 spiro atoms. The van der Waals surface area contributed by atoms with E-state index in [0.29, 0.717) is 6.42 Å². The number of alkyl halides is 1. The van der Waals surface area contributed by atoms with Crippen LogP contribution in [0.25, 0.3) is 0 Å². The molecule has 5 heteroatoms. The third-order valence-corrected chi connectivity index (χ3v) is 2.56. The van der Waals surface area contributed by atoms with Crippen LogP contribution in [0.4, 0.5) is 4.79 Å². The van der Waals surface area contributed by atoms with Crippen LogP contribution in [0.3, 0.4) is 0 Å². The molecule has 4 nitrogen and oxygen atoms in total. The Morgan fingerprint density at radius 3 is 2.53 bits per heavy atom. The van der Waals surface area contributed by atoms with Gasteiger partial charge in [-0.25, -0.2) is 9.59 Å². The highest BCUT2D eigenvalue weighted by atomic mass is 35.5. The third-order valence-electron chi connectivity index (χ3n) is 2.28. The zero-order valence-corrected chi connectivity index (χ0v) is 9.78. The van der Waals surface area contributed by atoms with E-state index in [9.17, 15) is 9.59 Å². The van der Waals surface area contributed by atoms with Crippen molar-refractivity contribution in [1.29, 1.82) is 0 Å². The molecular formula is C12H12ClNO3. The average Bonchev–Trinajstić information content (AvgIpc) is 2.31. The lowest BCUT2D eigenvalue weighted by Gasteiger charge is -2.16. The fourth-order valence-corrected chi connectivity index (χ4v) is 1.69. The minimum Gasteiger partial charge on any atom is -0.465 e. The van der Waals surface area contributed by atoms with E-state index in [1.807, 2.05) is 30.3 Å². The summed E-state index contributed by atoms with van der Waals surface area (Å²) in [5.41, 5.74) is 1.13. The van der Waals surface area contributed by atoms with Crippen molar-refractivity contribution < 1.29 is 14.7 Å². The van der Waals surface area contributed by atoms with Crippen molar-refractivity contribution in [2.24, 2.45) is 0 Å². The van der Waals surface area contributed by atoms with E-state index in [1.54, 1.807) is 5.94 Å². The molecule has 0 fully saturated rings. The Balaban J connectivity index is 2.84. The van der Waals surface area contributed by atoms with Gasteiger partial charge in [0.15, 0.2) is 0 Å². The van der Waals surface area contributed by atoms with Gasteiger partial charge in [0.1, 0.15) is 5.94 Å². The average molecular weight is 254 g/mol. The first kappa shape index (κ1) is 13.3. The summed E-state index contributed by atoms with van der Waals surface area (Å²) in [5, 5.41) is 11.0. The molecule has 0 unspecified atom stereocenters. The molecule has 2 N–H and O–H groups in total. The highest BCUT2D eigenvalue weighted by Crippen LogP contribution is 2.09. The van der Waals surface area contributed by atoms with Crippen molar-refractivity contribution in [1.82, 2.24) is 5.32 Å². The number of nitrogens with one attached hydrogen (secondary N) is 1. The second kappa shape index (κ2) is 6.74. The highest BCUT2D eigenvalue weighted by Gasteiger charge is 2.17. The topological polar surface area (TPSA) is 66.4 Å². The fourth-order valence-electron chi connectivity index (χ4n) is 1.45. The summed E-state index contributed by atoms with van der Waals surface area (Å²) in [6.07, 6.45) is -0.812. The molecule has 1 atom stereocenters. The zero-order valence-electron chi connectivity index (χ0n) is 9.02. The molecule has 1 aromatic rings. The number of benzene rings is 1. The summed E-state index contributed by atoms with van der Waals surface area (Å²) >= 11 is 5.58. The molecule has 17 heavy (non-hydrogen) atoms. The molecule has 0 saturated carbocycles. The van der Waals surface area contributed by atoms with Crippen LogP contribution in [-0.4, -0.2) is 29.1 Å². The molecule has 0 bridgehead atoms. The maximum Gasteiger partial charge on any atom is 0.405 e. The maximum absolute atomic E-state index is 10.7. The van der Waals surface area contributed by atoms with Crippen molar-refractivity contribution in [2.45, 2.75) is 12.5 Å². The molecule has 0 aromatic heterocycles. The normalized spacial score (nSPS) is 11.4. The van der Waals surface area contributed by atoms with Crippen molar-refractivity contribution in [2.75, 3.05) is 5.88 Å². The van der Waals surface area contributed by atoms with Gasteiger partial charge in [-0.15, -0.1) is 11.6 Å². The van der Waals surface area contributed by atoms with Gasteiger partial charge in [0.05, 0.1) is 17.5 Å². The standard InChI is InChI=1S/C12H12ClNO3/c13-7-10(8-15)11(14-12(16)17)6-9-4-2-1-3-5-9/h1-5,11,14H,6-7H2,(H,16,17)/t11-/m0/s1. The molecule has 1 rings (SSSR count). The van der Waals surface area contributed by atoms with E-state index >= 15 is 0 Å². The monoisotopic (exact) mass is 253 g/mol. The number of amides is 1. The van der Waals surface area contributed by atoms with Crippen molar-refractivity contribution >= 4 is 23.6 Å². The number of halogens is 1. The van der Waals surface area contributed by atoms with Crippen LogP contribution in [0.5, 0.6) is 0 Å². The molecule has 0 radical (unpaired) electrons. The van der Waals surface area contributed by atoms with Gasteiger partial charge in [-0.05, 0) is 12.0 Å². The van der Waals surface area contributed by atoms with Gasteiger partial charge in [0, 0.05) is 0 Å². The Morgan fingerprint density at radius 2 is 2.06 bits per heavy atom. The maximum atomic E-state index is 10.7. The number of rotatable bonds is 5. The number of carbonyl (C=O) groups is 1. The Bertz CT molecular complexity index is 427. The van der Waals surface area contributed by atoms with Gasteiger partial charge in [-0.1, -0.05) is 30.3 Å². The van der Waals surface area contributed by atoms with Gasteiger partial charge in [0.25, 0.3) is 0 Å². The Hall–Kier alpha value is -1.77. The van der Waals surface area contributed by atoms with Gasteiger partial charge in [-0.3, -0.25) is 0 Å². The summed E-state index contributed by atoms with van der Waals surface area (Å²) in [6.45, 7) is 0. The second-order valence-electron chi connectivity index (χ2n) is 3.45. The van der Waals surface area contributed by atoms with Crippen LogP contribution in [-0.2, 0) is 11.2 Å². The van der Waals surface area contributed by atoms with E-state index in [-0.39, 0.29) is 11.5 Å². The van der Waals surface area contributed by atoms with Crippen LogP contribution < -0.4 is 5.32 Å². The number of hydrogen-bond donors (Lipinski definition) is 2. The molecular weight excluding hydrogens is 242 g/mol. The number of carboxylic acid groups (broad SMARTS) is 1. The summed E-state index contributed by atoms with van der Waals surface area (Å²) in [7, 11) is 0. The highest BCUT2D eigenvalue weighted by molar-refractivity contribution is 6.20.